The number of rotatable bonds is 8. The average molecular weight is 522 g/mol. The predicted molar refractivity (Wildman–Crippen MR) is 145 cm³/mol. The van der Waals surface area contributed by atoms with Crippen LogP contribution in [0.15, 0.2) is 77.5 Å². The highest BCUT2D eigenvalue weighted by Crippen LogP contribution is 2.31. The fourth-order valence-electron chi connectivity index (χ4n) is 3.79. The number of anilines is 3. The first-order valence-corrected chi connectivity index (χ1v) is 12.4. The van der Waals surface area contributed by atoms with Crippen LogP contribution in [0.4, 0.5) is 17.1 Å². The summed E-state index contributed by atoms with van der Waals surface area (Å²) in [4.78, 5) is 39.7. The van der Waals surface area contributed by atoms with E-state index in [0.29, 0.717) is 27.6 Å². The van der Waals surface area contributed by atoms with Crippen molar-refractivity contribution in [3.63, 3.8) is 0 Å². The van der Waals surface area contributed by atoms with Gasteiger partial charge in [-0.15, -0.1) is 0 Å². The van der Waals surface area contributed by atoms with Crippen LogP contribution in [0.3, 0.4) is 0 Å². The molecule has 0 saturated carbocycles. The van der Waals surface area contributed by atoms with E-state index in [2.05, 4.69) is 17.6 Å². The van der Waals surface area contributed by atoms with Gasteiger partial charge in [-0.05, 0) is 73.4 Å². The molecule has 1 heterocycles. The number of nitrogens with zero attached hydrogens (tertiary/aromatic N) is 1. The van der Waals surface area contributed by atoms with Crippen LogP contribution in [0.5, 0.6) is 0 Å². The van der Waals surface area contributed by atoms with Crippen LogP contribution < -0.4 is 15.5 Å². The molecule has 0 aromatic heterocycles. The molecule has 3 aromatic rings. The molecule has 8 heteroatoms. The number of unbranched alkanes of at least 4 members (excludes halogenated alkanes) is 1. The first kappa shape index (κ1) is 25.5. The van der Waals surface area contributed by atoms with Crippen molar-refractivity contribution in [2.45, 2.75) is 33.1 Å². The summed E-state index contributed by atoms with van der Waals surface area (Å²) < 4.78 is 0. The van der Waals surface area contributed by atoms with Crippen molar-refractivity contribution >= 4 is 58.0 Å². The number of benzene rings is 3. The molecule has 0 aliphatic carbocycles. The third-order valence-corrected chi connectivity index (χ3v) is 6.62. The van der Waals surface area contributed by atoms with E-state index in [1.54, 1.807) is 48.5 Å². The molecule has 2 N–H and O–H groups in total. The number of halogens is 2. The molecular formula is C28H25Cl2N3O3. The summed E-state index contributed by atoms with van der Waals surface area (Å²) in [5.74, 6) is -1.51. The smallest absolute Gasteiger partial charge is 0.283 e. The molecule has 0 atom stereocenters. The van der Waals surface area contributed by atoms with E-state index in [1.807, 2.05) is 25.1 Å². The van der Waals surface area contributed by atoms with Crippen LogP contribution in [-0.4, -0.2) is 17.7 Å². The van der Waals surface area contributed by atoms with Crippen molar-refractivity contribution in [3.05, 3.63) is 99.2 Å². The van der Waals surface area contributed by atoms with E-state index < -0.39 is 11.8 Å². The Labute approximate surface area is 219 Å². The van der Waals surface area contributed by atoms with Crippen LogP contribution in [0.25, 0.3) is 0 Å². The minimum absolute atomic E-state index is 0.0420. The second-order valence-electron chi connectivity index (χ2n) is 8.53. The van der Waals surface area contributed by atoms with Crippen molar-refractivity contribution in [2.24, 2.45) is 0 Å². The summed E-state index contributed by atoms with van der Waals surface area (Å²) >= 11 is 12.4. The minimum atomic E-state index is -0.601. The first-order chi connectivity index (χ1) is 17.3. The molecule has 3 aromatic carbocycles. The van der Waals surface area contributed by atoms with Gasteiger partial charge in [0.25, 0.3) is 17.7 Å². The van der Waals surface area contributed by atoms with Gasteiger partial charge in [0, 0.05) is 22.0 Å². The van der Waals surface area contributed by atoms with Crippen molar-refractivity contribution in [2.75, 3.05) is 15.5 Å². The highest BCUT2D eigenvalue weighted by molar-refractivity contribution is 6.53. The second-order valence-corrected chi connectivity index (χ2v) is 9.31. The lowest BCUT2D eigenvalue weighted by molar-refractivity contribution is -0.120. The van der Waals surface area contributed by atoms with E-state index in [-0.39, 0.29) is 16.6 Å². The maximum Gasteiger partial charge on any atom is 0.283 e. The molecule has 4 rings (SSSR count). The minimum Gasteiger partial charge on any atom is -0.350 e. The SMILES string of the molecule is CCCCc1ccc(N2C(=O)C(Cl)=C(Nc3cccc(C(=O)Nc4ccc(C)c(Cl)c4)c3)C2=O)cc1. The van der Waals surface area contributed by atoms with Crippen molar-refractivity contribution < 1.29 is 14.4 Å². The Morgan fingerprint density at radius 2 is 1.67 bits per heavy atom. The monoisotopic (exact) mass is 521 g/mol. The quantitative estimate of drug-likeness (QED) is 0.324. The van der Waals surface area contributed by atoms with Crippen molar-refractivity contribution in [1.82, 2.24) is 0 Å². The van der Waals surface area contributed by atoms with E-state index in [9.17, 15) is 14.4 Å². The number of imide groups is 1. The predicted octanol–water partition coefficient (Wildman–Crippen LogP) is 6.68. The van der Waals surface area contributed by atoms with Crippen molar-refractivity contribution in [1.29, 1.82) is 0 Å². The normalized spacial score (nSPS) is 13.4. The molecule has 1 aliphatic rings. The van der Waals surface area contributed by atoms with Gasteiger partial charge < -0.3 is 10.6 Å². The van der Waals surface area contributed by atoms with Crippen LogP contribution in [0.2, 0.25) is 5.02 Å². The average Bonchev–Trinajstić information content (AvgIpc) is 3.08. The molecular weight excluding hydrogens is 497 g/mol. The summed E-state index contributed by atoms with van der Waals surface area (Å²) in [6.07, 6.45) is 3.09. The molecule has 0 bridgehead atoms. The number of carbonyl (C=O) groups excluding carboxylic acids is 3. The third kappa shape index (κ3) is 5.45. The molecule has 3 amide bonds. The number of hydrogen-bond acceptors (Lipinski definition) is 4. The molecule has 0 saturated heterocycles. The number of hydrogen-bond donors (Lipinski definition) is 2. The fraction of sp³-hybridized carbons (Fsp3) is 0.179. The van der Waals surface area contributed by atoms with E-state index in [1.165, 1.54) is 0 Å². The van der Waals surface area contributed by atoms with Gasteiger partial charge in [0.2, 0.25) is 0 Å². The Hall–Kier alpha value is -3.61. The van der Waals surface area contributed by atoms with E-state index >= 15 is 0 Å². The lowest BCUT2D eigenvalue weighted by atomic mass is 10.1. The number of nitrogens with one attached hydrogen (secondary N) is 2. The van der Waals surface area contributed by atoms with Gasteiger partial charge in [0.05, 0.1) is 5.69 Å². The van der Waals surface area contributed by atoms with Crippen LogP contribution in [-0.2, 0) is 16.0 Å². The lowest BCUT2D eigenvalue weighted by Gasteiger charge is -2.16. The fourth-order valence-corrected chi connectivity index (χ4v) is 4.19. The Bertz CT molecular complexity index is 1370. The maximum atomic E-state index is 13.1. The van der Waals surface area contributed by atoms with Crippen LogP contribution >= 0.6 is 23.2 Å². The second kappa shape index (κ2) is 11.0. The van der Waals surface area contributed by atoms with Gasteiger partial charge in [-0.2, -0.15) is 0 Å². The topological polar surface area (TPSA) is 78.5 Å². The number of amides is 3. The molecule has 1 aliphatic heterocycles. The van der Waals surface area contributed by atoms with Gasteiger partial charge in [-0.3, -0.25) is 14.4 Å². The molecule has 6 nitrogen and oxygen atoms in total. The van der Waals surface area contributed by atoms with Crippen molar-refractivity contribution in [3.8, 4) is 0 Å². The molecule has 0 unspecified atom stereocenters. The summed E-state index contributed by atoms with van der Waals surface area (Å²) in [5.41, 5.74) is 3.81. The standard InChI is InChI=1S/C28H25Cl2N3O3/c1-3-4-6-18-10-13-22(14-11-18)33-27(35)24(30)25(28(33)36)31-20-8-5-7-19(15-20)26(34)32-21-12-9-17(2)23(29)16-21/h5,7-16,31H,3-4,6H2,1-2H3,(H,32,34). The van der Waals surface area contributed by atoms with Gasteiger partial charge in [0.15, 0.2) is 0 Å². The molecule has 0 radical (unpaired) electrons. The Balaban J connectivity index is 1.49. The van der Waals surface area contributed by atoms with E-state index in [4.69, 9.17) is 23.2 Å². The highest BCUT2D eigenvalue weighted by atomic mass is 35.5. The zero-order chi connectivity index (χ0) is 25.8. The van der Waals surface area contributed by atoms with E-state index in [0.717, 1.165) is 35.3 Å². The highest BCUT2D eigenvalue weighted by Gasteiger charge is 2.39. The first-order valence-electron chi connectivity index (χ1n) is 11.6. The zero-order valence-electron chi connectivity index (χ0n) is 19.9. The lowest BCUT2D eigenvalue weighted by Crippen LogP contribution is -2.32. The van der Waals surface area contributed by atoms with Gasteiger partial charge in [-0.25, -0.2) is 4.90 Å². The maximum absolute atomic E-state index is 13.1. The third-order valence-electron chi connectivity index (χ3n) is 5.86. The number of aryl methyl sites for hydroxylation is 2. The summed E-state index contributed by atoms with van der Waals surface area (Å²) in [7, 11) is 0. The van der Waals surface area contributed by atoms with Gasteiger partial charge >= 0.3 is 0 Å². The largest absolute Gasteiger partial charge is 0.350 e. The summed E-state index contributed by atoms with van der Waals surface area (Å²) in [6.45, 7) is 4.00. The molecule has 36 heavy (non-hydrogen) atoms. The van der Waals surface area contributed by atoms with Gasteiger partial charge in [0.1, 0.15) is 10.7 Å². The molecule has 184 valence electrons. The Kier molecular flexibility index (Phi) is 7.77. The van der Waals surface area contributed by atoms with Crippen LogP contribution in [0, 0.1) is 6.92 Å². The Morgan fingerprint density at radius 3 is 2.36 bits per heavy atom. The Morgan fingerprint density at radius 1 is 0.917 bits per heavy atom. The summed E-state index contributed by atoms with van der Waals surface area (Å²) in [5, 5.41) is 6.06. The zero-order valence-corrected chi connectivity index (χ0v) is 21.4. The summed E-state index contributed by atoms with van der Waals surface area (Å²) in [6, 6.07) is 19.1. The molecule has 0 spiro atoms. The number of carbonyl (C=O) groups is 3. The van der Waals surface area contributed by atoms with Gasteiger partial charge in [-0.1, -0.05) is 60.8 Å². The molecule has 0 fully saturated rings. The van der Waals surface area contributed by atoms with Crippen LogP contribution in [0.1, 0.15) is 41.3 Å².